The van der Waals surface area contributed by atoms with Crippen LogP contribution in [0.4, 0.5) is 0 Å². The standard InChI is InChI=1S/C13H22N2O3S2.ClH/c1-8(2)6-15-11-9-5-10(20(14,16)17)18-12(9)19-7-13(11,3)4;/h5,8,11,15H,6-7H2,1-4H3,(H2,14,16,17);1H. The minimum absolute atomic E-state index is 0. The first-order valence-corrected chi connectivity index (χ1v) is 9.17. The summed E-state index contributed by atoms with van der Waals surface area (Å²) in [5, 5.41) is 9.19. The molecule has 1 aromatic rings. The SMILES string of the molecule is CC(C)CNC1c2cc(S(N)(=O)=O)oc2SCC1(C)C.Cl. The monoisotopic (exact) mass is 354 g/mol. The Labute approximate surface area is 136 Å². The molecule has 0 amide bonds. The molecule has 0 fully saturated rings. The maximum atomic E-state index is 11.4. The molecule has 2 rings (SSSR count). The first-order chi connectivity index (χ1) is 9.11. The van der Waals surface area contributed by atoms with Crippen LogP contribution in [0, 0.1) is 11.3 Å². The van der Waals surface area contributed by atoms with Crippen LogP contribution in [0.25, 0.3) is 0 Å². The van der Waals surface area contributed by atoms with E-state index in [0.29, 0.717) is 11.0 Å². The summed E-state index contributed by atoms with van der Waals surface area (Å²) in [5.74, 6) is 1.39. The number of thioether (sulfide) groups is 1. The fraction of sp³-hybridized carbons (Fsp3) is 0.692. The molecule has 1 aliphatic heterocycles. The van der Waals surface area contributed by atoms with Crippen molar-refractivity contribution in [3.63, 3.8) is 0 Å². The summed E-state index contributed by atoms with van der Waals surface area (Å²) in [5.41, 5.74) is 0.919. The van der Waals surface area contributed by atoms with E-state index in [1.807, 2.05) is 0 Å². The first-order valence-electron chi connectivity index (χ1n) is 6.64. The highest BCUT2D eigenvalue weighted by atomic mass is 35.5. The third-order valence-electron chi connectivity index (χ3n) is 3.38. The Morgan fingerprint density at radius 2 is 2.14 bits per heavy atom. The van der Waals surface area contributed by atoms with Gasteiger partial charge >= 0.3 is 0 Å². The summed E-state index contributed by atoms with van der Waals surface area (Å²) in [4.78, 5) is 0. The summed E-state index contributed by atoms with van der Waals surface area (Å²) >= 11 is 1.54. The molecule has 0 spiro atoms. The fourth-order valence-electron chi connectivity index (χ4n) is 2.32. The number of primary sulfonamides is 1. The maximum Gasteiger partial charge on any atom is 0.271 e. The molecule has 122 valence electrons. The molecule has 1 aliphatic rings. The Bertz CT molecular complexity index is 597. The number of halogens is 1. The van der Waals surface area contributed by atoms with Crippen molar-refractivity contribution in [2.75, 3.05) is 12.3 Å². The number of rotatable bonds is 4. The van der Waals surface area contributed by atoms with Crippen LogP contribution >= 0.6 is 24.2 Å². The highest BCUT2D eigenvalue weighted by Gasteiger charge is 2.39. The van der Waals surface area contributed by atoms with Crippen LogP contribution in [0.15, 0.2) is 20.7 Å². The Morgan fingerprint density at radius 1 is 1.52 bits per heavy atom. The number of hydrogen-bond acceptors (Lipinski definition) is 5. The Hall–Kier alpha value is -0.210. The molecule has 5 nitrogen and oxygen atoms in total. The summed E-state index contributed by atoms with van der Waals surface area (Å²) in [6.07, 6.45) is 0. The van der Waals surface area contributed by atoms with Crippen molar-refractivity contribution in [2.45, 2.75) is 43.9 Å². The maximum absolute atomic E-state index is 11.4. The number of nitrogens with two attached hydrogens (primary N) is 1. The molecule has 1 aromatic heterocycles. The lowest BCUT2D eigenvalue weighted by atomic mass is 9.82. The van der Waals surface area contributed by atoms with Crippen LogP contribution in [0.2, 0.25) is 0 Å². The normalized spacial score (nSPS) is 21.0. The zero-order chi connectivity index (χ0) is 15.1. The molecule has 0 radical (unpaired) electrons. The van der Waals surface area contributed by atoms with E-state index in [1.165, 1.54) is 0 Å². The van der Waals surface area contributed by atoms with Gasteiger partial charge in [0.25, 0.3) is 10.0 Å². The van der Waals surface area contributed by atoms with Crippen molar-refractivity contribution in [2.24, 2.45) is 16.5 Å². The largest absolute Gasteiger partial charge is 0.437 e. The van der Waals surface area contributed by atoms with Crippen molar-refractivity contribution in [1.82, 2.24) is 5.32 Å². The average Bonchev–Trinajstić information content (AvgIpc) is 2.70. The average molecular weight is 355 g/mol. The Balaban J connectivity index is 0.00000220. The van der Waals surface area contributed by atoms with Crippen LogP contribution in [0.5, 0.6) is 0 Å². The molecular weight excluding hydrogens is 332 g/mol. The lowest BCUT2D eigenvalue weighted by Gasteiger charge is -2.38. The molecule has 0 saturated heterocycles. The van der Waals surface area contributed by atoms with Gasteiger partial charge in [-0.15, -0.1) is 12.4 Å². The topological polar surface area (TPSA) is 85.3 Å². The van der Waals surface area contributed by atoms with E-state index in [4.69, 9.17) is 9.56 Å². The third kappa shape index (κ3) is 4.16. The minimum Gasteiger partial charge on any atom is -0.437 e. The Kier molecular flexibility index (Phi) is 5.83. The van der Waals surface area contributed by atoms with Gasteiger partial charge in [0.2, 0.25) is 5.09 Å². The van der Waals surface area contributed by atoms with Gasteiger partial charge in [-0.05, 0) is 17.9 Å². The summed E-state index contributed by atoms with van der Waals surface area (Å²) < 4.78 is 28.3. The summed E-state index contributed by atoms with van der Waals surface area (Å²) in [6, 6.07) is 1.64. The zero-order valence-electron chi connectivity index (χ0n) is 12.7. The van der Waals surface area contributed by atoms with Gasteiger partial charge < -0.3 is 9.73 Å². The molecule has 1 unspecified atom stereocenters. The van der Waals surface area contributed by atoms with Crippen molar-refractivity contribution < 1.29 is 12.8 Å². The molecule has 2 heterocycles. The van der Waals surface area contributed by atoms with Crippen LogP contribution in [0.3, 0.4) is 0 Å². The molecule has 0 saturated carbocycles. The second-order valence-corrected chi connectivity index (χ2v) is 8.81. The molecule has 0 aliphatic carbocycles. The van der Waals surface area contributed by atoms with E-state index in [2.05, 4.69) is 33.0 Å². The molecule has 3 N–H and O–H groups in total. The van der Waals surface area contributed by atoms with E-state index < -0.39 is 10.0 Å². The lowest BCUT2D eigenvalue weighted by molar-refractivity contribution is 0.252. The predicted octanol–water partition coefficient (Wildman–Crippen LogP) is 2.77. The van der Waals surface area contributed by atoms with Gasteiger partial charge in [0.05, 0.1) is 0 Å². The molecule has 1 atom stereocenters. The first kappa shape index (κ1) is 18.8. The van der Waals surface area contributed by atoms with E-state index in [9.17, 15) is 8.42 Å². The van der Waals surface area contributed by atoms with Crippen molar-refractivity contribution in [3.05, 3.63) is 11.6 Å². The summed E-state index contributed by atoms with van der Waals surface area (Å²) in [7, 11) is -3.80. The van der Waals surface area contributed by atoms with Crippen LogP contribution in [-0.2, 0) is 10.0 Å². The fourth-order valence-corrected chi connectivity index (χ4v) is 4.02. The van der Waals surface area contributed by atoms with Gasteiger partial charge in [0.1, 0.15) is 0 Å². The highest BCUT2D eigenvalue weighted by Crippen LogP contribution is 2.48. The number of hydrogen-bond donors (Lipinski definition) is 2. The minimum atomic E-state index is -3.80. The van der Waals surface area contributed by atoms with E-state index in [0.717, 1.165) is 17.9 Å². The third-order valence-corrected chi connectivity index (χ3v) is 5.61. The Morgan fingerprint density at radius 3 is 2.67 bits per heavy atom. The highest BCUT2D eigenvalue weighted by molar-refractivity contribution is 7.99. The quantitative estimate of drug-likeness (QED) is 0.868. The van der Waals surface area contributed by atoms with Gasteiger partial charge in [0.15, 0.2) is 5.09 Å². The van der Waals surface area contributed by atoms with Crippen molar-refractivity contribution in [1.29, 1.82) is 0 Å². The number of nitrogens with one attached hydrogen (secondary N) is 1. The van der Waals surface area contributed by atoms with Gasteiger partial charge in [0, 0.05) is 23.4 Å². The van der Waals surface area contributed by atoms with Crippen molar-refractivity contribution in [3.8, 4) is 0 Å². The zero-order valence-corrected chi connectivity index (χ0v) is 15.1. The molecule has 0 bridgehead atoms. The van der Waals surface area contributed by atoms with E-state index >= 15 is 0 Å². The number of sulfonamides is 1. The number of furan rings is 1. The van der Waals surface area contributed by atoms with Gasteiger partial charge in [-0.3, -0.25) is 0 Å². The molecule has 8 heteroatoms. The van der Waals surface area contributed by atoms with E-state index in [-0.39, 0.29) is 29.0 Å². The second-order valence-electron chi connectivity index (χ2n) is 6.37. The number of fused-ring (bicyclic) bond motifs is 1. The molecule has 21 heavy (non-hydrogen) atoms. The summed E-state index contributed by atoms with van der Waals surface area (Å²) in [6.45, 7) is 9.50. The second kappa shape index (κ2) is 6.50. The van der Waals surface area contributed by atoms with Crippen molar-refractivity contribution >= 4 is 34.2 Å². The molecular formula is C13H23ClN2O3S2. The molecule has 0 aromatic carbocycles. The van der Waals surface area contributed by atoms with E-state index in [1.54, 1.807) is 17.8 Å². The van der Waals surface area contributed by atoms with Crippen LogP contribution < -0.4 is 10.5 Å². The smallest absolute Gasteiger partial charge is 0.271 e. The van der Waals surface area contributed by atoms with Crippen LogP contribution in [-0.4, -0.2) is 20.7 Å². The van der Waals surface area contributed by atoms with Crippen LogP contribution in [0.1, 0.15) is 39.3 Å². The lowest BCUT2D eigenvalue weighted by Crippen LogP contribution is -2.39. The van der Waals surface area contributed by atoms with Gasteiger partial charge in [-0.1, -0.05) is 39.5 Å². The predicted molar refractivity (Wildman–Crippen MR) is 87.4 cm³/mol. The van der Waals surface area contributed by atoms with Gasteiger partial charge in [-0.25, -0.2) is 13.6 Å². The van der Waals surface area contributed by atoms with Gasteiger partial charge in [-0.2, -0.15) is 0 Å².